The third kappa shape index (κ3) is 4.09. The van der Waals surface area contributed by atoms with Crippen molar-refractivity contribution in [2.45, 2.75) is 17.7 Å². The zero-order valence-corrected chi connectivity index (χ0v) is 16.6. The van der Waals surface area contributed by atoms with Crippen LogP contribution in [-0.2, 0) is 14.8 Å². The molecule has 0 saturated carbocycles. The molecule has 1 saturated heterocycles. The zero-order valence-electron chi connectivity index (χ0n) is 15.7. The van der Waals surface area contributed by atoms with Crippen molar-refractivity contribution in [1.82, 2.24) is 0 Å². The van der Waals surface area contributed by atoms with E-state index in [1.165, 1.54) is 37.3 Å². The van der Waals surface area contributed by atoms with Gasteiger partial charge in [-0.2, -0.15) is 0 Å². The maximum atomic E-state index is 13.0. The van der Waals surface area contributed by atoms with E-state index in [0.717, 1.165) is 12.1 Å². The van der Waals surface area contributed by atoms with E-state index in [2.05, 4.69) is 4.72 Å². The fourth-order valence-corrected chi connectivity index (χ4v) is 4.30. The number of carbonyl (C=O) groups is 1. The number of nitrogens with zero attached hydrogens (tertiary/aromatic N) is 2. The Morgan fingerprint density at radius 3 is 2.41 bits per heavy atom. The molecule has 0 radical (unpaired) electrons. The SMILES string of the molecule is COc1cc([N+](=O)[O-])ccc1NS(=O)(=O)c1cc(N2CCCC2=O)ccc1OC. The summed E-state index contributed by atoms with van der Waals surface area (Å²) in [5.74, 6) is 0.00454. The number of benzene rings is 2. The zero-order chi connectivity index (χ0) is 21.2. The molecule has 154 valence electrons. The van der Waals surface area contributed by atoms with Crippen molar-refractivity contribution in [3.63, 3.8) is 0 Å². The van der Waals surface area contributed by atoms with Gasteiger partial charge >= 0.3 is 0 Å². The Kier molecular flexibility index (Phi) is 5.59. The molecule has 29 heavy (non-hydrogen) atoms. The number of amides is 1. The van der Waals surface area contributed by atoms with Crippen LogP contribution in [0.4, 0.5) is 17.1 Å². The normalized spacial score (nSPS) is 14.0. The fourth-order valence-electron chi connectivity index (χ4n) is 3.04. The first-order valence-electron chi connectivity index (χ1n) is 8.60. The lowest BCUT2D eigenvalue weighted by atomic mass is 10.2. The third-order valence-electron chi connectivity index (χ3n) is 4.46. The van der Waals surface area contributed by atoms with Crippen LogP contribution in [0.2, 0.25) is 0 Å². The van der Waals surface area contributed by atoms with Gasteiger partial charge in [-0.25, -0.2) is 8.42 Å². The van der Waals surface area contributed by atoms with Gasteiger partial charge in [0.15, 0.2) is 0 Å². The van der Waals surface area contributed by atoms with Crippen LogP contribution in [0.1, 0.15) is 12.8 Å². The lowest BCUT2D eigenvalue weighted by molar-refractivity contribution is -0.384. The number of anilines is 2. The molecule has 1 aliphatic rings. The second-order valence-electron chi connectivity index (χ2n) is 6.23. The quantitative estimate of drug-likeness (QED) is 0.537. The summed E-state index contributed by atoms with van der Waals surface area (Å²) in [6.45, 7) is 0.508. The predicted molar refractivity (Wildman–Crippen MR) is 105 cm³/mol. The Balaban J connectivity index is 2.01. The predicted octanol–water partition coefficient (Wildman–Crippen LogP) is 2.54. The van der Waals surface area contributed by atoms with Crippen molar-refractivity contribution in [2.24, 2.45) is 0 Å². The van der Waals surface area contributed by atoms with Crippen molar-refractivity contribution < 1.29 is 27.6 Å². The highest BCUT2D eigenvalue weighted by atomic mass is 32.2. The van der Waals surface area contributed by atoms with Gasteiger partial charge in [0, 0.05) is 24.7 Å². The van der Waals surface area contributed by atoms with Crippen LogP contribution < -0.4 is 19.1 Å². The van der Waals surface area contributed by atoms with Crippen LogP contribution in [0, 0.1) is 10.1 Å². The van der Waals surface area contributed by atoms with Gasteiger partial charge in [0.25, 0.3) is 15.7 Å². The molecule has 11 heteroatoms. The number of non-ortho nitro benzene ring substituents is 1. The van der Waals surface area contributed by atoms with E-state index in [1.807, 2.05) is 0 Å². The summed E-state index contributed by atoms with van der Waals surface area (Å²) in [6, 6.07) is 7.98. The molecule has 1 amide bonds. The average molecular weight is 421 g/mol. The van der Waals surface area contributed by atoms with E-state index in [4.69, 9.17) is 9.47 Å². The molecule has 0 atom stereocenters. The van der Waals surface area contributed by atoms with Crippen LogP contribution >= 0.6 is 0 Å². The summed E-state index contributed by atoms with van der Waals surface area (Å²) >= 11 is 0. The van der Waals surface area contributed by atoms with Crippen LogP contribution in [0.15, 0.2) is 41.3 Å². The van der Waals surface area contributed by atoms with E-state index in [1.54, 1.807) is 6.07 Å². The highest BCUT2D eigenvalue weighted by Gasteiger charge is 2.27. The van der Waals surface area contributed by atoms with Crippen molar-refractivity contribution in [1.29, 1.82) is 0 Å². The van der Waals surface area contributed by atoms with Crippen molar-refractivity contribution in [2.75, 3.05) is 30.4 Å². The van der Waals surface area contributed by atoms with Gasteiger partial charge in [0.05, 0.1) is 30.9 Å². The number of nitro groups is 1. The average Bonchev–Trinajstić information content (AvgIpc) is 3.13. The molecule has 1 heterocycles. The molecule has 0 aromatic heterocycles. The topological polar surface area (TPSA) is 128 Å². The molecular weight excluding hydrogens is 402 g/mol. The van der Waals surface area contributed by atoms with Crippen molar-refractivity contribution in [3.05, 3.63) is 46.5 Å². The maximum Gasteiger partial charge on any atom is 0.273 e. The second-order valence-corrected chi connectivity index (χ2v) is 7.88. The fraction of sp³-hybridized carbons (Fsp3) is 0.278. The first-order valence-corrected chi connectivity index (χ1v) is 10.1. The number of hydrogen-bond acceptors (Lipinski definition) is 7. The Labute approximate surface area is 167 Å². The molecule has 2 aromatic carbocycles. The molecular formula is C18H19N3O7S. The molecule has 3 rings (SSSR count). The third-order valence-corrected chi connectivity index (χ3v) is 5.85. The van der Waals surface area contributed by atoms with Gasteiger partial charge in [0.1, 0.15) is 16.4 Å². The lowest BCUT2D eigenvalue weighted by Gasteiger charge is -2.19. The highest BCUT2D eigenvalue weighted by Crippen LogP contribution is 2.35. The smallest absolute Gasteiger partial charge is 0.273 e. The number of hydrogen-bond donors (Lipinski definition) is 1. The number of methoxy groups -OCH3 is 2. The van der Waals surface area contributed by atoms with Crippen LogP contribution in [-0.4, -0.2) is 40.0 Å². The molecule has 1 aliphatic heterocycles. The van der Waals surface area contributed by atoms with Gasteiger partial charge in [-0.15, -0.1) is 0 Å². The molecule has 10 nitrogen and oxygen atoms in total. The minimum absolute atomic E-state index is 0.00684. The molecule has 2 aromatic rings. The monoisotopic (exact) mass is 421 g/mol. The number of nitro benzene ring substituents is 1. The van der Waals surface area contributed by atoms with E-state index in [-0.39, 0.29) is 33.7 Å². The van der Waals surface area contributed by atoms with Crippen molar-refractivity contribution >= 4 is 33.0 Å². The summed E-state index contributed by atoms with van der Waals surface area (Å²) in [5.41, 5.74) is 0.240. The molecule has 1 N–H and O–H groups in total. The Morgan fingerprint density at radius 1 is 1.10 bits per heavy atom. The summed E-state index contributed by atoms with van der Waals surface area (Å²) in [5, 5.41) is 10.9. The van der Waals surface area contributed by atoms with Gasteiger partial charge in [-0.1, -0.05) is 0 Å². The molecule has 0 aliphatic carbocycles. The van der Waals surface area contributed by atoms with Crippen LogP contribution in [0.5, 0.6) is 11.5 Å². The van der Waals surface area contributed by atoms with E-state index >= 15 is 0 Å². The maximum absolute atomic E-state index is 13.0. The minimum atomic E-state index is -4.15. The second kappa shape index (κ2) is 7.95. The highest BCUT2D eigenvalue weighted by molar-refractivity contribution is 7.92. The molecule has 1 fully saturated rings. The minimum Gasteiger partial charge on any atom is -0.495 e. The summed E-state index contributed by atoms with van der Waals surface area (Å²) < 4.78 is 38.7. The van der Waals surface area contributed by atoms with Crippen molar-refractivity contribution in [3.8, 4) is 11.5 Å². The Bertz CT molecular complexity index is 1070. The molecule has 0 bridgehead atoms. The molecule has 0 unspecified atom stereocenters. The summed E-state index contributed by atoms with van der Waals surface area (Å²) in [6.07, 6.45) is 1.11. The van der Waals surface area contributed by atoms with E-state index < -0.39 is 14.9 Å². The van der Waals surface area contributed by atoms with E-state index in [0.29, 0.717) is 25.1 Å². The van der Waals surface area contributed by atoms with Crippen LogP contribution in [0.25, 0.3) is 0 Å². The van der Waals surface area contributed by atoms with Gasteiger partial charge in [-0.05, 0) is 30.7 Å². The van der Waals surface area contributed by atoms with E-state index in [9.17, 15) is 23.3 Å². The Morgan fingerprint density at radius 2 is 1.83 bits per heavy atom. The number of sulfonamides is 1. The number of carbonyl (C=O) groups excluding carboxylic acids is 1. The number of rotatable bonds is 7. The molecule has 0 spiro atoms. The summed E-state index contributed by atoms with van der Waals surface area (Å²) in [7, 11) is -1.54. The number of ether oxygens (including phenoxy) is 2. The number of nitrogens with one attached hydrogen (secondary N) is 1. The van der Waals surface area contributed by atoms with Crippen LogP contribution in [0.3, 0.4) is 0 Å². The standard InChI is InChI=1S/C18H19N3O7S/c1-27-15-8-6-12(20-9-3-4-18(20)22)11-17(15)29(25,26)19-14-7-5-13(21(23)24)10-16(14)28-2/h5-8,10-11,19H,3-4,9H2,1-2H3. The summed E-state index contributed by atoms with van der Waals surface area (Å²) in [4.78, 5) is 23.7. The first-order chi connectivity index (χ1) is 13.8. The lowest BCUT2D eigenvalue weighted by Crippen LogP contribution is -2.24. The van der Waals surface area contributed by atoms with Gasteiger partial charge in [0.2, 0.25) is 5.91 Å². The first kappa shape index (κ1) is 20.4. The van der Waals surface area contributed by atoms with Gasteiger partial charge < -0.3 is 14.4 Å². The largest absolute Gasteiger partial charge is 0.495 e. The Hall–Kier alpha value is -3.34. The van der Waals surface area contributed by atoms with Gasteiger partial charge in [-0.3, -0.25) is 19.6 Å².